The van der Waals surface area contributed by atoms with Gasteiger partial charge in [0, 0.05) is 43.7 Å². The van der Waals surface area contributed by atoms with Gasteiger partial charge in [-0.15, -0.1) is 0 Å². The standard InChI is InChI=1S/C36H64N4O8/c1-21-17-36(6,45-11)32(48-33-30(42)27(38(8)9)14-22(2)47-33)23(3)31(43)35(4,5)34(44)46-20-28(39(10)19-21)24-15-25-12-13-26(16-24)40(25)29(41)18-37-7/h21-28,30,32-33,37,42H,12-20H2,1-11H3/t21-,22-,23+,24?,25?,26?,27+,28+,30-,32-,33+,36-/m1/s1. The van der Waals surface area contributed by atoms with Crippen LogP contribution in [0.5, 0.6) is 0 Å². The van der Waals surface area contributed by atoms with Crippen molar-refractivity contribution < 1.29 is 38.4 Å². The van der Waals surface area contributed by atoms with Gasteiger partial charge in [-0.05, 0) is 106 Å². The predicted molar refractivity (Wildman–Crippen MR) is 182 cm³/mol. The summed E-state index contributed by atoms with van der Waals surface area (Å²) in [5.74, 6) is -1.16. The number of rotatable bonds is 7. The van der Waals surface area contributed by atoms with Crippen molar-refractivity contribution in [1.82, 2.24) is 20.0 Å². The Balaban J connectivity index is 1.64. The average molecular weight is 681 g/mol. The molecule has 4 rings (SSSR count). The summed E-state index contributed by atoms with van der Waals surface area (Å²) in [5.41, 5.74) is -2.40. The number of hydrogen-bond donors (Lipinski definition) is 2. The Kier molecular flexibility index (Phi) is 12.8. The van der Waals surface area contributed by atoms with Crippen molar-refractivity contribution in [1.29, 1.82) is 0 Å². The van der Waals surface area contributed by atoms with Crippen molar-refractivity contribution in [2.45, 2.75) is 134 Å². The van der Waals surface area contributed by atoms with Crippen LogP contribution in [0.4, 0.5) is 0 Å². The van der Waals surface area contributed by atoms with E-state index in [0.29, 0.717) is 25.9 Å². The number of aliphatic hydroxyl groups is 1. The highest BCUT2D eigenvalue weighted by Crippen LogP contribution is 2.42. The summed E-state index contributed by atoms with van der Waals surface area (Å²) in [7, 11) is 9.36. The van der Waals surface area contributed by atoms with E-state index in [1.165, 1.54) is 0 Å². The third kappa shape index (κ3) is 8.11. The number of cyclic esters (lactones) is 1. The third-order valence-electron chi connectivity index (χ3n) is 11.9. The minimum absolute atomic E-state index is 0.0683. The molecule has 276 valence electrons. The number of carbonyl (C=O) groups is 3. The van der Waals surface area contributed by atoms with E-state index >= 15 is 0 Å². The van der Waals surface area contributed by atoms with Crippen LogP contribution < -0.4 is 5.32 Å². The number of fused-ring (bicyclic) bond motifs is 2. The summed E-state index contributed by atoms with van der Waals surface area (Å²) in [6.07, 6.45) is 1.98. The fourth-order valence-electron chi connectivity index (χ4n) is 9.24. The number of likely N-dealkylation sites (N-methyl/N-ethyl adjacent to an activating group) is 3. The number of aliphatic hydroxyl groups excluding tert-OH is 1. The van der Waals surface area contributed by atoms with Gasteiger partial charge in [-0.2, -0.15) is 0 Å². The molecule has 0 radical (unpaired) electrons. The molecule has 0 aromatic carbocycles. The van der Waals surface area contributed by atoms with E-state index in [-0.39, 0.29) is 60.4 Å². The zero-order valence-electron chi connectivity index (χ0n) is 31.4. The zero-order valence-corrected chi connectivity index (χ0v) is 31.4. The van der Waals surface area contributed by atoms with Crippen molar-refractivity contribution in [3.8, 4) is 0 Å². The zero-order chi connectivity index (χ0) is 35.7. The van der Waals surface area contributed by atoms with Crippen LogP contribution >= 0.6 is 0 Å². The Hall–Kier alpha value is -1.67. The third-order valence-corrected chi connectivity index (χ3v) is 11.9. The minimum Gasteiger partial charge on any atom is -0.463 e. The molecule has 4 aliphatic rings. The van der Waals surface area contributed by atoms with Crippen molar-refractivity contribution in [3.63, 3.8) is 0 Å². The second-order valence-electron chi connectivity index (χ2n) is 16.3. The first-order valence-electron chi connectivity index (χ1n) is 18.0. The van der Waals surface area contributed by atoms with Crippen molar-refractivity contribution in [3.05, 3.63) is 0 Å². The lowest BCUT2D eigenvalue weighted by molar-refractivity contribution is -0.295. The molecule has 4 fully saturated rings. The Labute approximate surface area is 288 Å². The quantitative estimate of drug-likeness (QED) is 0.304. The van der Waals surface area contributed by atoms with Gasteiger partial charge in [0.15, 0.2) is 12.1 Å². The van der Waals surface area contributed by atoms with Crippen molar-refractivity contribution >= 4 is 17.7 Å². The molecule has 2 unspecified atom stereocenters. The van der Waals surface area contributed by atoms with E-state index in [1.54, 1.807) is 34.9 Å². The number of hydrogen-bond acceptors (Lipinski definition) is 11. The molecule has 1 amide bonds. The largest absolute Gasteiger partial charge is 0.463 e. The number of esters is 1. The van der Waals surface area contributed by atoms with E-state index in [2.05, 4.69) is 29.1 Å². The van der Waals surface area contributed by atoms with Gasteiger partial charge in [0.1, 0.15) is 18.1 Å². The first-order valence-corrected chi connectivity index (χ1v) is 18.0. The molecule has 0 spiro atoms. The normalized spacial score (nSPS) is 41.8. The van der Waals surface area contributed by atoms with Crippen LogP contribution in [0, 0.1) is 23.2 Å². The molecule has 0 aromatic heterocycles. The molecule has 12 nitrogen and oxygen atoms in total. The lowest BCUT2D eigenvalue weighted by atomic mass is 9.74. The van der Waals surface area contributed by atoms with Crippen LogP contribution in [0.25, 0.3) is 0 Å². The van der Waals surface area contributed by atoms with E-state index in [0.717, 1.165) is 25.7 Å². The number of ether oxygens (including phenoxy) is 4. The van der Waals surface area contributed by atoms with Gasteiger partial charge < -0.3 is 39.2 Å². The molecule has 2 bridgehead atoms. The second-order valence-corrected chi connectivity index (χ2v) is 16.3. The summed E-state index contributed by atoms with van der Waals surface area (Å²) in [6, 6.07) is 0.108. The van der Waals surface area contributed by atoms with Gasteiger partial charge in [-0.1, -0.05) is 13.8 Å². The average Bonchev–Trinajstić information content (AvgIpc) is 3.29. The van der Waals surface area contributed by atoms with E-state index < -0.39 is 41.4 Å². The van der Waals surface area contributed by atoms with Crippen LogP contribution in [0.15, 0.2) is 0 Å². The first-order chi connectivity index (χ1) is 22.4. The van der Waals surface area contributed by atoms with Gasteiger partial charge >= 0.3 is 5.97 Å². The molecule has 0 aromatic rings. The van der Waals surface area contributed by atoms with Crippen LogP contribution in [-0.2, 0) is 33.3 Å². The summed E-state index contributed by atoms with van der Waals surface area (Å²) in [6.45, 7) is 12.3. The van der Waals surface area contributed by atoms with Gasteiger partial charge in [0.2, 0.25) is 5.91 Å². The van der Waals surface area contributed by atoms with Crippen molar-refractivity contribution in [2.75, 3.05) is 55.0 Å². The monoisotopic (exact) mass is 680 g/mol. The summed E-state index contributed by atoms with van der Waals surface area (Å²) in [4.78, 5) is 47.4. The predicted octanol–water partition coefficient (Wildman–Crippen LogP) is 2.31. The molecule has 0 aliphatic carbocycles. The number of amides is 1. The molecule has 4 heterocycles. The molecule has 2 N–H and O–H groups in total. The Morgan fingerprint density at radius 1 is 1.08 bits per heavy atom. The Morgan fingerprint density at radius 2 is 1.71 bits per heavy atom. The van der Waals surface area contributed by atoms with Gasteiger partial charge in [0.25, 0.3) is 0 Å². The summed E-state index contributed by atoms with van der Waals surface area (Å²) in [5, 5.41) is 14.4. The smallest absolute Gasteiger partial charge is 0.319 e. The molecular weight excluding hydrogens is 616 g/mol. The van der Waals surface area contributed by atoms with Crippen LogP contribution in [-0.4, -0.2) is 147 Å². The number of carbonyl (C=O) groups excluding carboxylic acids is 3. The van der Waals surface area contributed by atoms with E-state index in [4.69, 9.17) is 18.9 Å². The molecule has 11 atom stereocenters. The maximum Gasteiger partial charge on any atom is 0.319 e. The highest BCUT2D eigenvalue weighted by Gasteiger charge is 2.52. The fourth-order valence-corrected chi connectivity index (χ4v) is 9.24. The highest BCUT2D eigenvalue weighted by molar-refractivity contribution is 6.04. The maximum atomic E-state index is 14.3. The van der Waals surface area contributed by atoms with Gasteiger partial charge in [0.05, 0.1) is 24.4 Å². The topological polar surface area (TPSA) is 130 Å². The minimum atomic E-state index is -1.45. The number of piperidine rings is 1. The Morgan fingerprint density at radius 3 is 2.27 bits per heavy atom. The molecule has 4 saturated heterocycles. The van der Waals surface area contributed by atoms with E-state index in [9.17, 15) is 19.5 Å². The SMILES string of the molecule is CNCC(=O)N1C2CCC1CC([C@@H]1COC(=O)C(C)(C)C(=O)[C@H](C)[C@@H](O[C@@H]3O[C@H](C)C[C@H](N(C)C)[C@H]3O)[C@](C)(OC)C[C@@H](C)CN1C)C2. The highest BCUT2D eigenvalue weighted by atomic mass is 16.7. The first kappa shape index (κ1) is 39.1. The molecular formula is C36H64N4O8. The number of methoxy groups -OCH3 is 1. The second kappa shape index (κ2) is 15.7. The number of nitrogens with one attached hydrogen (secondary N) is 1. The Bertz CT molecular complexity index is 1120. The van der Waals surface area contributed by atoms with Crippen LogP contribution in [0.2, 0.25) is 0 Å². The lowest BCUT2D eigenvalue weighted by Gasteiger charge is -2.47. The molecule has 12 heteroatoms. The number of Topliss-reactive ketones (excluding diaryl/α,β-unsaturated/α-hetero) is 1. The molecule has 0 saturated carbocycles. The molecule has 48 heavy (non-hydrogen) atoms. The summed E-state index contributed by atoms with van der Waals surface area (Å²) < 4.78 is 25.1. The molecule has 4 aliphatic heterocycles. The maximum absolute atomic E-state index is 14.3. The fraction of sp³-hybridized carbons (Fsp3) is 0.917. The summed E-state index contributed by atoms with van der Waals surface area (Å²) >= 11 is 0. The van der Waals surface area contributed by atoms with Gasteiger partial charge in [-0.3, -0.25) is 19.3 Å². The lowest BCUT2D eigenvalue weighted by Crippen LogP contribution is -2.59. The van der Waals surface area contributed by atoms with Gasteiger partial charge in [-0.25, -0.2) is 0 Å². The number of nitrogens with zero attached hydrogens (tertiary/aromatic N) is 3. The van der Waals surface area contributed by atoms with Crippen LogP contribution in [0.1, 0.15) is 80.1 Å². The van der Waals surface area contributed by atoms with E-state index in [1.807, 2.05) is 32.8 Å². The van der Waals surface area contributed by atoms with Crippen molar-refractivity contribution in [2.24, 2.45) is 23.2 Å². The van der Waals surface area contributed by atoms with Crippen LogP contribution in [0.3, 0.4) is 0 Å². The number of ketones is 1.